The number of hydrogen-bond donors (Lipinski definition) is 2. The number of halogens is 1. The van der Waals surface area contributed by atoms with E-state index in [0.29, 0.717) is 5.82 Å². The minimum atomic E-state index is -0.711. The van der Waals surface area contributed by atoms with Crippen LogP contribution >= 0.6 is 12.4 Å². The lowest BCUT2D eigenvalue weighted by molar-refractivity contribution is -0.118. The first-order valence-corrected chi connectivity index (χ1v) is 7.11. The summed E-state index contributed by atoms with van der Waals surface area (Å²) in [4.78, 5) is 11.9. The number of nitrogens with zero attached hydrogens (tertiary/aromatic N) is 2. The molecule has 1 amide bonds. The third-order valence-electron chi connectivity index (χ3n) is 3.27. The van der Waals surface area contributed by atoms with Crippen molar-refractivity contribution >= 4 is 24.1 Å². The minimum absolute atomic E-state index is 0. The molecule has 1 unspecified atom stereocenters. The van der Waals surface area contributed by atoms with Gasteiger partial charge < -0.3 is 15.8 Å². The van der Waals surface area contributed by atoms with Gasteiger partial charge in [-0.25, -0.2) is 4.68 Å². The molecule has 126 valence electrons. The number of carbonyl (C=O) groups is 1. The maximum atomic E-state index is 11.9. The Hall–Kier alpha value is -1.89. The van der Waals surface area contributed by atoms with Crippen molar-refractivity contribution in [1.82, 2.24) is 9.78 Å². The summed E-state index contributed by atoms with van der Waals surface area (Å²) in [5, 5.41) is 7.14. The highest BCUT2D eigenvalue weighted by atomic mass is 35.5. The normalized spacial score (nSPS) is 11.7. The molecule has 2 aromatic rings. The smallest absolute Gasteiger partial charge is 0.244 e. The lowest BCUT2D eigenvalue weighted by Crippen LogP contribution is -2.39. The molecule has 0 saturated carbocycles. The van der Waals surface area contributed by atoms with Gasteiger partial charge in [0.05, 0.1) is 12.3 Å². The molecule has 0 spiro atoms. The molecule has 1 atom stereocenters. The number of carbonyl (C=O) groups excluding carboxylic acids is 1. The number of anilines is 1. The molecule has 6 nitrogen and oxygen atoms in total. The largest absolute Gasteiger partial charge is 0.383 e. The van der Waals surface area contributed by atoms with Crippen LogP contribution < -0.4 is 11.1 Å². The van der Waals surface area contributed by atoms with Gasteiger partial charge in [-0.05, 0) is 44.0 Å². The topological polar surface area (TPSA) is 82.2 Å². The van der Waals surface area contributed by atoms with Crippen LogP contribution in [0.2, 0.25) is 0 Å². The Morgan fingerprint density at radius 3 is 2.43 bits per heavy atom. The quantitative estimate of drug-likeness (QED) is 0.875. The molecular formula is C16H23ClN4O2. The van der Waals surface area contributed by atoms with E-state index in [1.807, 2.05) is 26.8 Å². The van der Waals surface area contributed by atoms with Crippen molar-refractivity contribution < 1.29 is 9.53 Å². The first-order chi connectivity index (χ1) is 10.4. The molecule has 0 fully saturated rings. The summed E-state index contributed by atoms with van der Waals surface area (Å²) in [6.07, 6.45) is 0. The Morgan fingerprint density at radius 2 is 1.87 bits per heavy atom. The standard InChI is InChI=1S/C16H22N4O2.ClH/c1-10-5-11(2)7-13(6-10)20-12(3)8-15(19-20)18-16(21)14(17)9-22-4;/h5-8,14H,9,17H2,1-4H3,(H,18,19,21);1H. The predicted octanol–water partition coefficient (Wildman–Crippen LogP) is 2.13. The van der Waals surface area contributed by atoms with Gasteiger partial charge in [0.2, 0.25) is 5.91 Å². The van der Waals surface area contributed by atoms with E-state index in [1.165, 1.54) is 7.11 Å². The second kappa shape index (κ2) is 8.10. The lowest BCUT2D eigenvalue weighted by Gasteiger charge is -2.09. The van der Waals surface area contributed by atoms with Crippen LogP contribution in [0.4, 0.5) is 5.82 Å². The summed E-state index contributed by atoms with van der Waals surface area (Å²) in [6, 6.07) is 7.31. The van der Waals surface area contributed by atoms with E-state index in [0.717, 1.165) is 22.5 Å². The number of rotatable bonds is 5. The first kappa shape index (κ1) is 19.2. The zero-order valence-electron chi connectivity index (χ0n) is 13.8. The van der Waals surface area contributed by atoms with Gasteiger partial charge in [0.1, 0.15) is 6.04 Å². The van der Waals surface area contributed by atoms with Gasteiger partial charge in [-0.15, -0.1) is 17.5 Å². The molecular weight excluding hydrogens is 316 g/mol. The Balaban J connectivity index is 0.00000264. The summed E-state index contributed by atoms with van der Waals surface area (Å²) in [7, 11) is 1.51. The molecule has 0 aliphatic carbocycles. The number of aromatic nitrogens is 2. The molecule has 0 saturated heterocycles. The summed E-state index contributed by atoms with van der Waals surface area (Å²) in [5.41, 5.74) is 9.93. The maximum absolute atomic E-state index is 11.9. The number of hydrogen-bond acceptors (Lipinski definition) is 4. The maximum Gasteiger partial charge on any atom is 0.244 e. The summed E-state index contributed by atoms with van der Waals surface area (Å²) in [6.45, 7) is 6.20. The highest BCUT2D eigenvalue weighted by molar-refractivity contribution is 5.94. The zero-order chi connectivity index (χ0) is 16.3. The van der Waals surface area contributed by atoms with Crippen LogP contribution in [0.15, 0.2) is 24.3 Å². The molecule has 0 aliphatic rings. The molecule has 0 bridgehead atoms. The molecule has 23 heavy (non-hydrogen) atoms. The average molecular weight is 339 g/mol. The number of benzene rings is 1. The van der Waals surface area contributed by atoms with Gasteiger partial charge in [-0.1, -0.05) is 6.07 Å². The van der Waals surface area contributed by atoms with E-state index >= 15 is 0 Å². The second-order valence-corrected chi connectivity index (χ2v) is 5.48. The van der Waals surface area contributed by atoms with Gasteiger partial charge in [-0.2, -0.15) is 0 Å². The molecule has 1 aromatic carbocycles. The van der Waals surface area contributed by atoms with E-state index in [1.54, 1.807) is 4.68 Å². The van der Waals surface area contributed by atoms with Crippen molar-refractivity contribution in [2.75, 3.05) is 19.0 Å². The van der Waals surface area contributed by atoms with Gasteiger partial charge >= 0.3 is 0 Å². The Morgan fingerprint density at radius 1 is 1.26 bits per heavy atom. The Kier molecular flexibility index (Phi) is 6.75. The summed E-state index contributed by atoms with van der Waals surface area (Å²) >= 11 is 0. The number of ether oxygens (including phenoxy) is 1. The van der Waals surface area contributed by atoms with Crippen molar-refractivity contribution in [1.29, 1.82) is 0 Å². The highest BCUT2D eigenvalue weighted by Gasteiger charge is 2.15. The SMILES string of the molecule is COCC(N)C(=O)Nc1cc(C)n(-c2cc(C)cc(C)c2)n1.Cl. The zero-order valence-corrected chi connectivity index (χ0v) is 14.6. The average Bonchev–Trinajstić information content (AvgIpc) is 2.78. The number of nitrogens with two attached hydrogens (primary N) is 1. The third kappa shape index (κ3) is 4.79. The van der Waals surface area contributed by atoms with E-state index in [9.17, 15) is 4.79 Å². The van der Waals surface area contributed by atoms with Crippen molar-refractivity contribution in [3.8, 4) is 5.69 Å². The van der Waals surface area contributed by atoms with E-state index < -0.39 is 6.04 Å². The van der Waals surface area contributed by atoms with Crippen LogP contribution in [-0.4, -0.2) is 35.4 Å². The van der Waals surface area contributed by atoms with E-state index in [4.69, 9.17) is 10.5 Å². The van der Waals surface area contributed by atoms with Crippen LogP contribution in [-0.2, 0) is 9.53 Å². The van der Waals surface area contributed by atoms with Gasteiger partial charge in [0.15, 0.2) is 5.82 Å². The molecule has 1 heterocycles. The number of aryl methyl sites for hydroxylation is 3. The fraction of sp³-hybridized carbons (Fsp3) is 0.375. The van der Waals surface area contributed by atoms with Crippen molar-refractivity contribution in [2.45, 2.75) is 26.8 Å². The second-order valence-electron chi connectivity index (χ2n) is 5.48. The molecule has 0 aliphatic heterocycles. The number of methoxy groups -OCH3 is 1. The molecule has 2 rings (SSSR count). The Labute approximate surface area is 142 Å². The molecule has 1 aromatic heterocycles. The van der Waals surface area contributed by atoms with Crippen LogP contribution in [0.3, 0.4) is 0 Å². The fourth-order valence-electron chi connectivity index (χ4n) is 2.34. The van der Waals surface area contributed by atoms with Crippen LogP contribution in [0.1, 0.15) is 16.8 Å². The van der Waals surface area contributed by atoms with E-state index in [-0.39, 0.29) is 24.9 Å². The van der Waals surface area contributed by atoms with Crippen LogP contribution in [0.5, 0.6) is 0 Å². The van der Waals surface area contributed by atoms with E-state index in [2.05, 4.69) is 28.6 Å². The summed E-state index contributed by atoms with van der Waals surface area (Å²) < 4.78 is 6.68. The van der Waals surface area contributed by atoms with Crippen LogP contribution in [0.25, 0.3) is 5.69 Å². The van der Waals surface area contributed by atoms with Crippen LogP contribution in [0, 0.1) is 20.8 Å². The molecule has 7 heteroatoms. The monoisotopic (exact) mass is 338 g/mol. The van der Waals surface area contributed by atoms with Gasteiger partial charge in [-0.3, -0.25) is 4.79 Å². The number of amides is 1. The number of nitrogens with one attached hydrogen (secondary N) is 1. The lowest BCUT2D eigenvalue weighted by atomic mass is 10.1. The minimum Gasteiger partial charge on any atom is -0.383 e. The first-order valence-electron chi connectivity index (χ1n) is 7.11. The third-order valence-corrected chi connectivity index (χ3v) is 3.27. The molecule has 0 radical (unpaired) electrons. The highest BCUT2D eigenvalue weighted by Crippen LogP contribution is 2.18. The fourth-order valence-corrected chi connectivity index (χ4v) is 2.34. The molecule has 3 N–H and O–H groups in total. The van der Waals surface area contributed by atoms with Crippen molar-refractivity contribution in [2.24, 2.45) is 5.73 Å². The van der Waals surface area contributed by atoms with Crippen molar-refractivity contribution in [3.63, 3.8) is 0 Å². The van der Waals surface area contributed by atoms with Crippen molar-refractivity contribution in [3.05, 3.63) is 41.1 Å². The van der Waals surface area contributed by atoms with Gasteiger partial charge in [0, 0.05) is 18.9 Å². The summed E-state index contributed by atoms with van der Waals surface area (Å²) in [5.74, 6) is 0.167. The van der Waals surface area contributed by atoms with Gasteiger partial charge in [0.25, 0.3) is 0 Å². The predicted molar refractivity (Wildman–Crippen MR) is 93.5 cm³/mol. The Bertz CT molecular complexity index is 664.